The van der Waals surface area contributed by atoms with Crippen LogP contribution in [0.1, 0.15) is 46.1 Å². The molecule has 5 aromatic rings. The van der Waals surface area contributed by atoms with E-state index in [4.69, 9.17) is 10.7 Å². The van der Waals surface area contributed by atoms with Crippen molar-refractivity contribution in [3.05, 3.63) is 89.4 Å². The van der Waals surface area contributed by atoms with Gasteiger partial charge in [0.1, 0.15) is 11.3 Å². The first-order chi connectivity index (χ1) is 17.0. The predicted octanol–water partition coefficient (Wildman–Crippen LogP) is 4.69. The van der Waals surface area contributed by atoms with Crippen molar-refractivity contribution in [3.8, 4) is 5.69 Å². The minimum absolute atomic E-state index is 0.444. The predicted molar refractivity (Wildman–Crippen MR) is 138 cm³/mol. The SMILES string of the molecule is Cc1ccc2nc(C3CCN(Cc4ccc(-n5cc6cccc(C(N)=O)c6n5)cc4)CC3)[nH]c2c1. The summed E-state index contributed by atoms with van der Waals surface area (Å²) in [4.78, 5) is 22.6. The number of imidazole rings is 1. The smallest absolute Gasteiger partial charge is 0.250 e. The maximum Gasteiger partial charge on any atom is 0.250 e. The van der Waals surface area contributed by atoms with E-state index in [-0.39, 0.29) is 0 Å². The summed E-state index contributed by atoms with van der Waals surface area (Å²) < 4.78 is 1.81. The number of likely N-dealkylation sites (tertiary alicyclic amines) is 1. The topological polar surface area (TPSA) is 92.8 Å². The average Bonchev–Trinajstić information content (AvgIpc) is 3.49. The van der Waals surface area contributed by atoms with Gasteiger partial charge in [0, 0.05) is 24.0 Å². The quantitative estimate of drug-likeness (QED) is 0.395. The summed E-state index contributed by atoms with van der Waals surface area (Å²) in [6.45, 7) is 5.16. The van der Waals surface area contributed by atoms with E-state index < -0.39 is 5.91 Å². The molecule has 0 bridgehead atoms. The number of fused-ring (bicyclic) bond motifs is 2. The molecule has 35 heavy (non-hydrogen) atoms. The molecule has 0 spiro atoms. The van der Waals surface area contributed by atoms with Gasteiger partial charge in [0.2, 0.25) is 0 Å². The number of amides is 1. The summed E-state index contributed by atoms with van der Waals surface area (Å²) in [5, 5.41) is 5.50. The lowest BCUT2D eigenvalue weighted by Gasteiger charge is -2.31. The number of aryl methyl sites for hydroxylation is 1. The summed E-state index contributed by atoms with van der Waals surface area (Å²) in [5.74, 6) is 1.15. The largest absolute Gasteiger partial charge is 0.366 e. The molecular weight excluding hydrogens is 436 g/mol. The Bertz CT molecular complexity index is 1520. The zero-order valence-corrected chi connectivity index (χ0v) is 19.7. The molecule has 3 aromatic carbocycles. The molecular formula is C28H28N6O. The molecule has 1 aliphatic rings. The second-order valence-electron chi connectivity index (χ2n) is 9.54. The molecule has 1 saturated heterocycles. The number of nitrogens with two attached hydrogens (primary N) is 1. The zero-order chi connectivity index (χ0) is 23.9. The Hall–Kier alpha value is -3.97. The fourth-order valence-corrected chi connectivity index (χ4v) is 5.09. The van der Waals surface area contributed by atoms with Crippen LogP contribution in [0.5, 0.6) is 0 Å². The molecule has 2 aromatic heterocycles. The molecule has 0 unspecified atom stereocenters. The monoisotopic (exact) mass is 464 g/mol. The van der Waals surface area contributed by atoms with Crippen molar-refractivity contribution in [1.82, 2.24) is 24.6 Å². The van der Waals surface area contributed by atoms with Gasteiger partial charge < -0.3 is 10.7 Å². The minimum Gasteiger partial charge on any atom is -0.366 e. The van der Waals surface area contributed by atoms with E-state index in [1.807, 2.05) is 18.3 Å². The molecule has 176 valence electrons. The van der Waals surface area contributed by atoms with E-state index in [2.05, 4.69) is 64.4 Å². The van der Waals surface area contributed by atoms with Crippen LogP contribution >= 0.6 is 0 Å². The second-order valence-corrected chi connectivity index (χ2v) is 9.54. The van der Waals surface area contributed by atoms with E-state index in [0.717, 1.165) is 60.4 Å². The van der Waals surface area contributed by atoms with Crippen LogP contribution in [0.2, 0.25) is 0 Å². The molecule has 0 aliphatic carbocycles. The molecule has 3 N–H and O–H groups in total. The molecule has 0 atom stereocenters. The number of H-pyrrole nitrogens is 1. The molecule has 1 amide bonds. The van der Waals surface area contributed by atoms with E-state index in [9.17, 15) is 4.79 Å². The molecule has 7 nitrogen and oxygen atoms in total. The molecule has 3 heterocycles. The van der Waals surface area contributed by atoms with Crippen molar-refractivity contribution in [2.45, 2.75) is 32.2 Å². The van der Waals surface area contributed by atoms with Crippen LogP contribution in [0.25, 0.3) is 27.6 Å². The Morgan fingerprint density at radius 2 is 1.89 bits per heavy atom. The maximum absolute atomic E-state index is 11.7. The van der Waals surface area contributed by atoms with Crippen molar-refractivity contribution in [2.24, 2.45) is 5.73 Å². The van der Waals surface area contributed by atoms with Crippen molar-refractivity contribution in [3.63, 3.8) is 0 Å². The van der Waals surface area contributed by atoms with Gasteiger partial charge in [0.15, 0.2) is 0 Å². The fraction of sp³-hybridized carbons (Fsp3) is 0.250. The number of hydrogen-bond donors (Lipinski definition) is 2. The summed E-state index contributed by atoms with van der Waals surface area (Å²) in [6, 6.07) is 20.3. The van der Waals surface area contributed by atoms with Gasteiger partial charge >= 0.3 is 0 Å². The van der Waals surface area contributed by atoms with E-state index in [0.29, 0.717) is 17.0 Å². The summed E-state index contributed by atoms with van der Waals surface area (Å²) in [5.41, 5.74) is 12.3. The highest BCUT2D eigenvalue weighted by molar-refractivity contribution is 6.04. The molecule has 7 heteroatoms. The summed E-state index contributed by atoms with van der Waals surface area (Å²) >= 11 is 0. The highest BCUT2D eigenvalue weighted by Gasteiger charge is 2.23. The lowest BCUT2D eigenvalue weighted by Crippen LogP contribution is -2.32. The van der Waals surface area contributed by atoms with Crippen molar-refractivity contribution >= 4 is 27.8 Å². The van der Waals surface area contributed by atoms with E-state index in [1.165, 1.54) is 11.1 Å². The van der Waals surface area contributed by atoms with Crippen LogP contribution < -0.4 is 5.73 Å². The number of carbonyl (C=O) groups is 1. The van der Waals surface area contributed by atoms with Crippen LogP contribution in [0.4, 0.5) is 0 Å². The van der Waals surface area contributed by atoms with Gasteiger partial charge in [-0.15, -0.1) is 0 Å². The van der Waals surface area contributed by atoms with Crippen molar-refractivity contribution in [1.29, 1.82) is 0 Å². The third-order valence-corrected chi connectivity index (χ3v) is 7.04. The number of carbonyl (C=O) groups excluding carboxylic acids is 1. The number of piperidine rings is 1. The Morgan fingerprint density at radius 1 is 1.09 bits per heavy atom. The normalized spacial score (nSPS) is 15.2. The number of nitrogens with one attached hydrogen (secondary N) is 1. The van der Waals surface area contributed by atoms with Gasteiger partial charge in [-0.25, -0.2) is 9.67 Å². The standard InChI is InChI=1S/C28H28N6O/c1-18-5-10-24-25(15-18)31-28(30-24)20-11-13-33(14-12-20)16-19-6-8-22(9-7-19)34-17-21-3-2-4-23(27(29)35)26(21)32-34/h2-10,15,17,20H,11-14,16H2,1H3,(H2,29,35)(H,30,31). The van der Waals surface area contributed by atoms with E-state index >= 15 is 0 Å². The van der Waals surface area contributed by atoms with Gasteiger partial charge in [-0.05, 0) is 74.3 Å². The number of rotatable bonds is 5. The highest BCUT2D eigenvalue weighted by atomic mass is 16.1. The van der Waals surface area contributed by atoms with Crippen LogP contribution in [0.15, 0.2) is 66.9 Å². The second kappa shape index (κ2) is 8.67. The highest BCUT2D eigenvalue weighted by Crippen LogP contribution is 2.29. The molecule has 0 radical (unpaired) electrons. The lowest BCUT2D eigenvalue weighted by molar-refractivity contribution is 0.100. The first-order valence-electron chi connectivity index (χ1n) is 12.1. The number of nitrogens with zero attached hydrogens (tertiary/aromatic N) is 4. The van der Waals surface area contributed by atoms with Crippen molar-refractivity contribution in [2.75, 3.05) is 13.1 Å². The number of aromatic amines is 1. The fourth-order valence-electron chi connectivity index (χ4n) is 5.09. The van der Waals surface area contributed by atoms with Crippen LogP contribution in [0.3, 0.4) is 0 Å². The number of primary amides is 1. The van der Waals surface area contributed by atoms with Gasteiger partial charge in [-0.3, -0.25) is 9.69 Å². The third-order valence-electron chi connectivity index (χ3n) is 7.04. The Balaban J connectivity index is 1.11. The van der Waals surface area contributed by atoms with Crippen LogP contribution in [-0.4, -0.2) is 43.6 Å². The summed E-state index contributed by atoms with van der Waals surface area (Å²) in [6.07, 6.45) is 4.15. The summed E-state index contributed by atoms with van der Waals surface area (Å²) in [7, 11) is 0. The van der Waals surface area contributed by atoms with Gasteiger partial charge in [-0.1, -0.05) is 30.3 Å². The number of benzene rings is 3. The number of aromatic nitrogens is 4. The van der Waals surface area contributed by atoms with Crippen molar-refractivity contribution < 1.29 is 4.79 Å². The van der Waals surface area contributed by atoms with Gasteiger partial charge in [0.05, 0.1) is 22.3 Å². The molecule has 1 fully saturated rings. The first kappa shape index (κ1) is 21.6. The van der Waals surface area contributed by atoms with Crippen LogP contribution in [-0.2, 0) is 6.54 Å². The average molecular weight is 465 g/mol. The Labute approximate surface area is 203 Å². The Morgan fingerprint density at radius 3 is 2.66 bits per heavy atom. The molecule has 0 saturated carbocycles. The Kier molecular flexibility index (Phi) is 5.34. The first-order valence-corrected chi connectivity index (χ1v) is 12.1. The van der Waals surface area contributed by atoms with Gasteiger partial charge in [-0.2, -0.15) is 5.10 Å². The third kappa shape index (κ3) is 4.19. The van der Waals surface area contributed by atoms with Crippen LogP contribution in [0, 0.1) is 6.92 Å². The van der Waals surface area contributed by atoms with Gasteiger partial charge in [0.25, 0.3) is 5.91 Å². The van der Waals surface area contributed by atoms with E-state index in [1.54, 1.807) is 10.7 Å². The molecule has 1 aliphatic heterocycles. The zero-order valence-electron chi connectivity index (χ0n) is 19.7. The maximum atomic E-state index is 11.7. The minimum atomic E-state index is -0.463. The molecule has 6 rings (SSSR count). The number of hydrogen-bond acceptors (Lipinski definition) is 4. The lowest BCUT2D eigenvalue weighted by atomic mass is 9.96.